The molecule has 0 unspecified atom stereocenters. The van der Waals surface area contributed by atoms with Crippen LogP contribution in [0.5, 0.6) is 5.75 Å². The first-order valence-electron chi connectivity index (χ1n) is 8.67. The van der Waals surface area contributed by atoms with Crippen molar-refractivity contribution in [1.82, 2.24) is 24.5 Å². The number of aromatic nitrogens is 5. The Morgan fingerprint density at radius 1 is 1.33 bits per heavy atom. The summed E-state index contributed by atoms with van der Waals surface area (Å²) >= 11 is 5.32. The van der Waals surface area contributed by atoms with Crippen LogP contribution in [0.15, 0.2) is 30.3 Å². The van der Waals surface area contributed by atoms with E-state index in [0.717, 1.165) is 17.0 Å². The molecule has 27 heavy (non-hydrogen) atoms. The van der Waals surface area contributed by atoms with Gasteiger partial charge in [-0.25, -0.2) is 0 Å². The molecule has 0 bridgehead atoms. The zero-order valence-electron chi connectivity index (χ0n) is 15.5. The van der Waals surface area contributed by atoms with Crippen molar-refractivity contribution in [2.24, 2.45) is 7.05 Å². The number of amides is 1. The normalized spacial score (nSPS) is 10.8. The predicted octanol–water partition coefficient (Wildman–Crippen LogP) is 3.08. The number of H-pyrrole nitrogens is 1. The van der Waals surface area contributed by atoms with Gasteiger partial charge in [0.15, 0.2) is 10.6 Å². The lowest BCUT2D eigenvalue weighted by Gasteiger charge is -2.09. The Kier molecular flexibility index (Phi) is 5.70. The zero-order chi connectivity index (χ0) is 19.4. The molecule has 9 heteroatoms. The first-order chi connectivity index (χ1) is 13.0. The first-order valence-corrected chi connectivity index (χ1v) is 9.07. The van der Waals surface area contributed by atoms with Crippen LogP contribution in [0.25, 0.3) is 11.4 Å². The highest BCUT2D eigenvalue weighted by molar-refractivity contribution is 7.71. The van der Waals surface area contributed by atoms with Gasteiger partial charge in [-0.1, -0.05) is 0 Å². The molecular weight excluding hydrogens is 364 g/mol. The Balaban J connectivity index is 1.70. The van der Waals surface area contributed by atoms with Gasteiger partial charge in [0.25, 0.3) is 0 Å². The van der Waals surface area contributed by atoms with Gasteiger partial charge < -0.3 is 10.1 Å². The molecule has 0 aliphatic rings. The molecule has 0 fully saturated rings. The zero-order valence-corrected chi connectivity index (χ0v) is 16.3. The van der Waals surface area contributed by atoms with Crippen molar-refractivity contribution in [3.8, 4) is 17.1 Å². The second-order valence-electron chi connectivity index (χ2n) is 6.05. The Morgan fingerprint density at radius 3 is 2.70 bits per heavy atom. The molecule has 1 aromatic carbocycles. The molecule has 3 rings (SSSR count). The number of aryl methyl sites for hydroxylation is 2. The number of aromatic amines is 1. The minimum Gasteiger partial charge on any atom is -0.494 e. The number of nitrogens with zero attached hydrogens (tertiary/aromatic N) is 4. The van der Waals surface area contributed by atoms with Crippen molar-refractivity contribution in [2.75, 3.05) is 11.9 Å². The lowest BCUT2D eigenvalue weighted by Crippen LogP contribution is -2.17. The minimum atomic E-state index is -0.112. The molecule has 142 valence electrons. The van der Waals surface area contributed by atoms with Crippen LogP contribution >= 0.6 is 12.2 Å². The Bertz CT molecular complexity index is 986. The van der Waals surface area contributed by atoms with E-state index >= 15 is 0 Å². The van der Waals surface area contributed by atoms with Crippen molar-refractivity contribution in [2.45, 2.75) is 26.8 Å². The molecule has 0 aliphatic carbocycles. The highest BCUT2D eigenvalue weighted by atomic mass is 32.1. The summed E-state index contributed by atoms with van der Waals surface area (Å²) in [5, 5.41) is 14.2. The third-order valence-corrected chi connectivity index (χ3v) is 4.33. The molecule has 2 aromatic heterocycles. The lowest BCUT2D eigenvalue weighted by atomic mass is 10.2. The number of ether oxygens (including phenoxy) is 1. The van der Waals surface area contributed by atoms with Crippen molar-refractivity contribution >= 4 is 23.9 Å². The van der Waals surface area contributed by atoms with Gasteiger partial charge in [0, 0.05) is 31.6 Å². The van der Waals surface area contributed by atoms with Gasteiger partial charge in [0.1, 0.15) is 11.6 Å². The van der Waals surface area contributed by atoms with Gasteiger partial charge >= 0.3 is 0 Å². The van der Waals surface area contributed by atoms with Crippen LogP contribution in [0.1, 0.15) is 19.0 Å². The van der Waals surface area contributed by atoms with Crippen LogP contribution in [-0.4, -0.2) is 37.1 Å². The van der Waals surface area contributed by atoms with Gasteiger partial charge in [-0.05, 0) is 50.3 Å². The fraction of sp³-hybridized carbons (Fsp3) is 0.333. The number of hydrogen-bond donors (Lipinski definition) is 2. The average molecular weight is 386 g/mol. The van der Waals surface area contributed by atoms with Crippen LogP contribution in [0, 0.1) is 11.7 Å². The van der Waals surface area contributed by atoms with Gasteiger partial charge in [0.2, 0.25) is 5.91 Å². The standard InChI is InChI=1S/C18H22N6O2S/c1-4-26-14-7-5-13(6-8-14)17-20-21-18(27)24(17)10-9-16(25)19-15-11-12(2)22-23(15)3/h5-8,11H,4,9-10H2,1-3H3,(H,19,25)(H,21,27). The Morgan fingerprint density at radius 2 is 2.07 bits per heavy atom. The summed E-state index contributed by atoms with van der Waals surface area (Å²) in [5.41, 5.74) is 1.75. The van der Waals surface area contributed by atoms with Crippen molar-refractivity contribution in [3.05, 3.63) is 40.8 Å². The average Bonchev–Trinajstić information content (AvgIpc) is 3.15. The van der Waals surface area contributed by atoms with E-state index in [4.69, 9.17) is 17.0 Å². The molecule has 0 radical (unpaired) electrons. The smallest absolute Gasteiger partial charge is 0.227 e. The van der Waals surface area contributed by atoms with E-state index in [-0.39, 0.29) is 12.3 Å². The molecule has 2 heterocycles. The number of benzene rings is 1. The molecule has 8 nitrogen and oxygen atoms in total. The number of nitrogens with one attached hydrogen (secondary N) is 2. The summed E-state index contributed by atoms with van der Waals surface area (Å²) in [4.78, 5) is 12.3. The molecule has 1 amide bonds. The molecule has 0 saturated heterocycles. The van der Waals surface area contributed by atoms with Crippen LogP contribution < -0.4 is 10.1 Å². The summed E-state index contributed by atoms with van der Waals surface area (Å²) in [6, 6.07) is 9.44. The van der Waals surface area contributed by atoms with Gasteiger partial charge in [0.05, 0.1) is 12.3 Å². The Hall–Kier alpha value is -2.94. The summed E-state index contributed by atoms with van der Waals surface area (Å²) in [5.74, 6) is 2.04. The lowest BCUT2D eigenvalue weighted by molar-refractivity contribution is -0.116. The van der Waals surface area contributed by atoms with Crippen molar-refractivity contribution in [1.29, 1.82) is 0 Å². The van der Waals surface area contributed by atoms with Gasteiger partial charge in [-0.15, -0.1) is 0 Å². The first kappa shape index (κ1) is 18.8. The van der Waals surface area contributed by atoms with E-state index in [9.17, 15) is 4.79 Å². The van der Waals surface area contributed by atoms with E-state index < -0.39 is 0 Å². The summed E-state index contributed by atoms with van der Waals surface area (Å²) in [7, 11) is 1.79. The molecular formula is C18H22N6O2S. The maximum absolute atomic E-state index is 12.3. The predicted molar refractivity (Wildman–Crippen MR) is 105 cm³/mol. The van der Waals surface area contributed by atoms with E-state index in [1.165, 1.54) is 0 Å². The van der Waals surface area contributed by atoms with E-state index in [0.29, 0.717) is 29.6 Å². The SMILES string of the molecule is CCOc1ccc(-c2n[nH]c(=S)n2CCC(=O)Nc2cc(C)nn2C)cc1. The summed E-state index contributed by atoms with van der Waals surface area (Å²) < 4.78 is 9.40. The highest BCUT2D eigenvalue weighted by Gasteiger charge is 2.12. The van der Waals surface area contributed by atoms with Gasteiger partial charge in [-0.3, -0.25) is 19.1 Å². The van der Waals surface area contributed by atoms with Crippen LogP contribution in [-0.2, 0) is 18.4 Å². The van der Waals surface area contributed by atoms with Crippen LogP contribution in [0.4, 0.5) is 5.82 Å². The number of hydrogen-bond acceptors (Lipinski definition) is 5. The fourth-order valence-electron chi connectivity index (χ4n) is 2.76. The topological polar surface area (TPSA) is 89.8 Å². The second-order valence-corrected chi connectivity index (χ2v) is 6.44. The van der Waals surface area contributed by atoms with E-state index in [1.807, 2.05) is 48.7 Å². The molecule has 2 N–H and O–H groups in total. The molecule has 0 atom stereocenters. The number of carbonyl (C=O) groups is 1. The Labute approximate surface area is 162 Å². The maximum Gasteiger partial charge on any atom is 0.227 e. The van der Waals surface area contributed by atoms with Crippen molar-refractivity contribution in [3.63, 3.8) is 0 Å². The molecule has 0 spiro atoms. The van der Waals surface area contributed by atoms with Crippen molar-refractivity contribution < 1.29 is 9.53 Å². The van der Waals surface area contributed by atoms with Crippen LogP contribution in [0.3, 0.4) is 0 Å². The highest BCUT2D eigenvalue weighted by Crippen LogP contribution is 2.21. The number of carbonyl (C=O) groups excluding carboxylic acids is 1. The summed E-state index contributed by atoms with van der Waals surface area (Å²) in [6.07, 6.45) is 0.266. The van der Waals surface area contributed by atoms with Gasteiger partial charge in [-0.2, -0.15) is 10.2 Å². The third-order valence-electron chi connectivity index (χ3n) is 4.01. The van der Waals surface area contributed by atoms with E-state index in [1.54, 1.807) is 11.7 Å². The molecule has 0 aliphatic heterocycles. The summed E-state index contributed by atoms with van der Waals surface area (Å²) in [6.45, 7) is 4.85. The molecule has 3 aromatic rings. The quantitative estimate of drug-likeness (QED) is 0.609. The minimum absolute atomic E-state index is 0.112. The largest absolute Gasteiger partial charge is 0.494 e. The second kappa shape index (κ2) is 8.17. The maximum atomic E-state index is 12.3. The third kappa shape index (κ3) is 4.43. The molecule has 0 saturated carbocycles. The van der Waals surface area contributed by atoms with Crippen LogP contribution in [0.2, 0.25) is 0 Å². The monoisotopic (exact) mass is 386 g/mol. The number of rotatable bonds is 7. The van der Waals surface area contributed by atoms with E-state index in [2.05, 4.69) is 20.6 Å². The fourth-order valence-corrected chi connectivity index (χ4v) is 2.98. The number of anilines is 1.